The summed E-state index contributed by atoms with van der Waals surface area (Å²) in [6.07, 6.45) is 3.12. The number of amides is 1. The third-order valence-corrected chi connectivity index (χ3v) is 5.20. The lowest BCUT2D eigenvalue weighted by Crippen LogP contribution is -2.35. The molecule has 0 spiro atoms. The van der Waals surface area contributed by atoms with E-state index in [1.165, 1.54) is 5.56 Å². The molecule has 0 saturated carbocycles. The average molecular weight is 355 g/mol. The molecule has 0 N–H and O–H groups in total. The zero-order valence-corrected chi connectivity index (χ0v) is 16.0. The van der Waals surface area contributed by atoms with E-state index in [9.17, 15) is 4.79 Å². The van der Waals surface area contributed by atoms with Gasteiger partial charge in [0, 0.05) is 37.7 Å². The van der Waals surface area contributed by atoms with Gasteiger partial charge in [0.05, 0.1) is 0 Å². The minimum atomic E-state index is -0.00740. The van der Waals surface area contributed by atoms with Gasteiger partial charge in [-0.2, -0.15) is 0 Å². The number of likely N-dealkylation sites (tertiary alicyclic amines) is 1. The molecule has 1 amide bonds. The van der Waals surface area contributed by atoms with Crippen LogP contribution in [0.4, 0.5) is 0 Å². The molecule has 1 aromatic heterocycles. The van der Waals surface area contributed by atoms with Gasteiger partial charge in [0.15, 0.2) is 5.69 Å². The van der Waals surface area contributed by atoms with Crippen molar-refractivity contribution >= 4 is 5.91 Å². The zero-order chi connectivity index (χ0) is 18.5. The van der Waals surface area contributed by atoms with Crippen LogP contribution in [0, 0.1) is 0 Å². The second-order valence-corrected chi connectivity index (χ2v) is 7.55. The van der Waals surface area contributed by atoms with Crippen LogP contribution in [0.15, 0.2) is 40.9 Å². The predicted octanol–water partition coefficient (Wildman–Crippen LogP) is 3.92. The van der Waals surface area contributed by atoms with E-state index < -0.39 is 0 Å². The number of benzene rings is 1. The summed E-state index contributed by atoms with van der Waals surface area (Å²) in [6.45, 7) is 6.58. The largest absolute Gasteiger partial charge is 0.360 e. The van der Waals surface area contributed by atoms with Gasteiger partial charge in [-0.05, 0) is 31.9 Å². The van der Waals surface area contributed by atoms with E-state index in [2.05, 4.69) is 41.4 Å². The Bertz CT molecular complexity index is 711. The Morgan fingerprint density at radius 1 is 1.27 bits per heavy atom. The SMILES string of the molecule is CC(C)c1cc(C(=O)N2CCC[C@H](N(C)Cc3ccccc3)CC2)no1. The molecule has 1 saturated heterocycles. The fourth-order valence-corrected chi connectivity index (χ4v) is 3.55. The first-order valence-corrected chi connectivity index (χ1v) is 9.54. The maximum absolute atomic E-state index is 12.7. The van der Waals surface area contributed by atoms with Gasteiger partial charge in [-0.15, -0.1) is 0 Å². The fraction of sp³-hybridized carbons (Fsp3) is 0.524. The molecule has 26 heavy (non-hydrogen) atoms. The first-order chi connectivity index (χ1) is 12.5. The molecule has 0 bridgehead atoms. The summed E-state index contributed by atoms with van der Waals surface area (Å²) in [5.41, 5.74) is 1.76. The van der Waals surface area contributed by atoms with Crippen LogP contribution in [0.3, 0.4) is 0 Å². The van der Waals surface area contributed by atoms with Gasteiger partial charge < -0.3 is 9.42 Å². The van der Waals surface area contributed by atoms with Crippen LogP contribution in [0.2, 0.25) is 0 Å². The Morgan fingerprint density at radius 3 is 2.73 bits per heavy atom. The normalized spacial score (nSPS) is 18.3. The third kappa shape index (κ3) is 4.52. The van der Waals surface area contributed by atoms with Gasteiger partial charge in [0.1, 0.15) is 5.76 Å². The maximum Gasteiger partial charge on any atom is 0.276 e. The van der Waals surface area contributed by atoms with E-state index in [1.807, 2.05) is 24.8 Å². The van der Waals surface area contributed by atoms with Crippen molar-refractivity contribution in [3.05, 3.63) is 53.4 Å². The Balaban J connectivity index is 1.57. The van der Waals surface area contributed by atoms with Crippen molar-refractivity contribution in [2.75, 3.05) is 20.1 Å². The molecule has 2 aromatic rings. The van der Waals surface area contributed by atoms with E-state index in [0.29, 0.717) is 11.7 Å². The van der Waals surface area contributed by atoms with E-state index in [4.69, 9.17) is 4.52 Å². The quantitative estimate of drug-likeness (QED) is 0.815. The first-order valence-electron chi connectivity index (χ1n) is 9.54. The molecule has 5 nitrogen and oxygen atoms in total. The molecule has 3 rings (SSSR count). The molecule has 1 aliphatic rings. The number of hydrogen-bond acceptors (Lipinski definition) is 4. The Labute approximate surface area is 156 Å². The Hall–Kier alpha value is -2.14. The molecule has 1 aliphatic heterocycles. The number of hydrogen-bond donors (Lipinski definition) is 0. The molecule has 1 aromatic carbocycles. The van der Waals surface area contributed by atoms with Crippen LogP contribution in [0.5, 0.6) is 0 Å². The maximum atomic E-state index is 12.7. The highest BCUT2D eigenvalue weighted by Gasteiger charge is 2.25. The second-order valence-electron chi connectivity index (χ2n) is 7.55. The van der Waals surface area contributed by atoms with Crippen molar-refractivity contribution in [3.63, 3.8) is 0 Å². The van der Waals surface area contributed by atoms with Gasteiger partial charge in [0.2, 0.25) is 0 Å². The van der Waals surface area contributed by atoms with Crippen molar-refractivity contribution in [3.8, 4) is 0 Å². The molecule has 0 unspecified atom stereocenters. The summed E-state index contributed by atoms with van der Waals surface area (Å²) in [5.74, 6) is 1.000. The number of rotatable bonds is 5. The highest BCUT2D eigenvalue weighted by Crippen LogP contribution is 2.21. The highest BCUT2D eigenvalue weighted by molar-refractivity contribution is 5.92. The molecule has 2 heterocycles. The van der Waals surface area contributed by atoms with Crippen molar-refractivity contribution < 1.29 is 9.32 Å². The lowest BCUT2D eigenvalue weighted by atomic mass is 10.1. The van der Waals surface area contributed by atoms with Crippen molar-refractivity contribution in [2.24, 2.45) is 0 Å². The van der Waals surface area contributed by atoms with Crippen molar-refractivity contribution in [2.45, 2.75) is 51.6 Å². The number of nitrogens with zero attached hydrogens (tertiary/aromatic N) is 3. The molecule has 0 radical (unpaired) electrons. The van der Waals surface area contributed by atoms with E-state index in [-0.39, 0.29) is 11.8 Å². The molecule has 5 heteroatoms. The lowest BCUT2D eigenvalue weighted by Gasteiger charge is -2.27. The summed E-state index contributed by atoms with van der Waals surface area (Å²) in [5, 5.41) is 3.98. The van der Waals surface area contributed by atoms with E-state index >= 15 is 0 Å². The van der Waals surface area contributed by atoms with Gasteiger partial charge in [-0.3, -0.25) is 9.69 Å². The first kappa shape index (κ1) is 18.6. The van der Waals surface area contributed by atoms with E-state index in [1.54, 1.807) is 6.07 Å². The van der Waals surface area contributed by atoms with Crippen molar-refractivity contribution in [1.29, 1.82) is 0 Å². The van der Waals surface area contributed by atoms with Crippen LogP contribution >= 0.6 is 0 Å². The summed E-state index contributed by atoms with van der Waals surface area (Å²) in [4.78, 5) is 17.1. The summed E-state index contributed by atoms with van der Waals surface area (Å²) in [7, 11) is 2.18. The second kappa shape index (κ2) is 8.49. The molecule has 140 valence electrons. The van der Waals surface area contributed by atoms with Gasteiger partial charge in [-0.1, -0.05) is 49.3 Å². The number of carbonyl (C=O) groups excluding carboxylic acids is 1. The highest BCUT2D eigenvalue weighted by atomic mass is 16.5. The molecule has 0 aliphatic carbocycles. The average Bonchev–Trinajstić information content (AvgIpc) is 3.00. The Morgan fingerprint density at radius 2 is 2.04 bits per heavy atom. The number of carbonyl (C=O) groups is 1. The van der Waals surface area contributed by atoms with Crippen LogP contribution in [-0.2, 0) is 6.54 Å². The molecule has 1 fully saturated rings. The van der Waals surface area contributed by atoms with E-state index in [0.717, 1.165) is 44.7 Å². The fourth-order valence-electron chi connectivity index (χ4n) is 3.55. The summed E-state index contributed by atoms with van der Waals surface area (Å²) in [6, 6.07) is 12.8. The summed E-state index contributed by atoms with van der Waals surface area (Å²) < 4.78 is 5.29. The zero-order valence-electron chi connectivity index (χ0n) is 16.0. The topological polar surface area (TPSA) is 49.6 Å². The Kier molecular flexibility index (Phi) is 6.09. The van der Waals surface area contributed by atoms with Gasteiger partial charge >= 0.3 is 0 Å². The van der Waals surface area contributed by atoms with Crippen LogP contribution in [-0.4, -0.2) is 47.0 Å². The summed E-state index contributed by atoms with van der Waals surface area (Å²) >= 11 is 0. The third-order valence-electron chi connectivity index (χ3n) is 5.20. The molecular weight excluding hydrogens is 326 g/mol. The monoisotopic (exact) mass is 355 g/mol. The molecule has 1 atom stereocenters. The van der Waals surface area contributed by atoms with Gasteiger partial charge in [-0.25, -0.2) is 0 Å². The molecular formula is C21H29N3O2. The predicted molar refractivity (Wildman–Crippen MR) is 102 cm³/mol. The minimum absolute atomic E-state index is 0.00740. The van der Waals surface area contributed by atoms with Crippen LogP contribution < -0.4 is 0 Å². The lowest BCUT2D eigenvalue weighted by molar-refractivity contribution is 0.0747. The van der Waals surface area contributed by atoms with Crippen LogP contribution in [0.25, 0.3) is 0 Å². The van der Waals surface area contributed by atoms with Crippen molar-refractivity contribution in [1.82, 2.24) is 15.0 Å². The smallest absolute Gasteiger partial charge is 0.276 e. The van der Waals surface area contributed by atoms with Gasteiger partial charge in [0.25, 0.3) is 5.91 Å². The van der Waals surface area contributed by atoms with Crippen LogP contribution in [0.1, 0.15) is 60.8 Å². The standard InChI is InChI=1S/C21H29N3O2/c1-16(2)20-14-19(22-26-20)21(25)24-12-7-10-18(11-13-24)23(3)15-17-8-5-4-6-9-17/h4-6,8-9,14,16,18H,7,10-13,15H2,1-3H3/t18-/m0/s1. The number of aromatic nitrogens is 1. The minimum Gasteiger partial charge on any atom is -0.360 e.